The number of rotatable bonds is 7. The fraction of sp³-hybridized carbons (Fsp3) is 0.400. The summed E-state index contributed by atoms with van der Waals surface area (Å²) in [6.45, 7) is 3.63. The van der Waals surface area contributed by atoms with Gasteiger partial charge in [0.25, 0.3) is 0 Å². The van der Waals surface area contributed by atoms with Crippen LogP contribution < -0.4 is 5.32 Å². The Hall–Kier alpha value is -2.70. The molecule has 6 nitrogen and oxygen atoms in total. The average Bonchev–Trinajstić information content (AvgIpc) is 3.51. The third-order valence-corrected chi connectivity index (χ3v) is 6.97. The SMILES string of the molecule is O=C(NC[C@H]1CCCN(Cc2cccn2-c2ncccn2)C1)C1(c2ccc(Cl)cc2)CC1. The lowest BCUT2D eigenvalue weighted by Gasteiger charge is -2.33. The van der Waals surface area contributed by atoms with Crippen molar-refractivity contribution in [3.8, 4) is 5.95 Å². The van der Waals surface area contributed by atoms with Gasteiger partial charge in [0.2, 0.25) is 11.9 Å². The Morgan fingerprint density at radius 2 is 1.91 bits per heavy atom. The van der Waals surface area contributed by atoms with Crippen LogP contribution in [-0.2, 0) is 16.8 Å². The zero-order valence-corrected chi connectivity index (χ0v) is 18.8. The molecule has 1 aliphatic carbocycles. The van der Waals surface area contributed by atoms with Gasteiger partial charge in [0, 0.05) is 48.9 Å². The molecule has 1 aliphatic heterocycles. The molecule has 2 aliphatic rings. The predicted molar refractivity (Wildman–Crippen MR) is 125 cm³/mol. The molecule has 0 unspecified atom stereocenters. The van der Waals surface area contributed by atoms with Crippen molar-refractivity contribution in [1.29, 1.82) is 0 Å². The quantitative estimate of drug-likeness (QED) is 0.592. The number of halogens is 1. The Balaban J connectivity index is 1.17. The Labute approximate surface area is 193 Å². The van der Waals surface area contributed by atoms with Crippen LogP contribution in [0.1, 0.15) is 36.9 Å². The van der Waals surface area contributed by atoms with Crippen LogP contribution in [0.5, 0.6) is 0 Å². The van der Waals surface area contributed by atoms with Crippen LogP contribution in [0.15, 0.2) is 61.1 Å². The minimum Gasteiger partial charge on any atom is -0.355 e. The van der Waals surface area contributed by atoms with Gasteiger partial charge in [-0.3, -0.25) is 14.3 Å². The number of nitrogens with one attached hydrogen (secondary N) is 1. The molecule has 0 bridgehead atoms. The van der Waals surface area contributed by atoms with Crippen LogP contribution in [-0.4, -0.2) is 45.0 Å². The monoisotopic (exact) mass is 449 g/mol. The van der Waals surface area contributed by atoms with Gasteiger partial charge in [-0.05, 0) is 74.0 Å². The zero-order chi connectivity index (χ0) is 22.0. The van der Waals surface area contributed by atoms with Crippen molar-refractivity contribution in [3.63, 3.8) is 0 Å². The van der Waals surface area contributed by atoms with E-state index >= 15 is 0 Å². The van der Waals surface area contributed by atoms with Gasteiger partial charge in [0.15, 0.2) is 0 Å². The zero-order valence-electron chi connectivity index (χ0n) is 18.1. The largest absolute Gasteiger partial charge is 0.355 e. The normalized spacial score (nSPS) is 20.1. The number of likely N-dealkylation sites (tertiary alicyclic amines) is 1. The van der Waals surface area contributed by atoms with E-state index in [-0.39, 0.29) is 11.3 Å². The van der Waals surface area contributed by atoms with E-state index in [0.717, 1.165) is 57.4 Å². The van der Waals surface area contributed by atoms with Gasteiger partial charge < -0.3 is 5.32 Å². The van der Waals surface area contributed by atoms with E-state index in [1.807, 2.05) is 47.2 Å². The molecule has 1 saturated heterocycles. The first-order valence-corrected chi connectivity index (χ1v) is 11.7. The average molecular weight is 450 g/mol. The molecule has 166 valence electrons. The molecule has 2 fully saturated rings. The molecule has 1 N–H and O–H groups in total. The summed E-state index contributed by atoms with van der Waals surface area (Å²) in [5.74, 6) is 1.32. The van der Waals surface area contributed by atoms with Gasteiger partial charge in [-0.2, -0.15) is 0 Å². The second-order valence-corrected chi connectivity index (χ2v) is 9.40. The Bertz CT molecular complexity index is 1060. The number of hydrogen-bond donors (Lipinski definition) is 1. The maximum Gasteiger partial charge on any atom is 0.233 e. The summed E-state index contributed by atoms with van der Waals surface area (Å²) in [6, 6.07) is 13.7. The van der Waals surface area contributed by atoms with Gasteiger partial charge in [-0.25, -0.2) is 9.97 Å². The van der Waals surface area contributed by atoms with Crippen molar-refractivity contribution < 1.29 is 4.79 Å². The molecule has 3 heterocycles. The first kappa shape index (κ1) is 21.2. The van der Waals surface area contributed by atoms with Gasteiger partial charge in [0.05, 0.1) is 5.41 Å². The molecule has 1 amide bonds. The number of benzene rings is 1. The smallest absolute Gasteiger partial charge is 0.233 e. The first-order chi connectivity index (χ1) is 15.6. The summed E-state index contributed by atoms with van der Waals surface area (Å²) >= 11 is 6.02. The summed E-state index contributed by atoms with van der Waals surface area (Å²) in [6.07, 6.45) is 9.66. The highest BCUT2D eigenvalue weighted by Crippen LogP contribution is 2.48. The Kier molecular flexibility index (Phi) is 5.98. The van der Waals surface area contributed by atoms with Crippen LogP contribution in [0.25, 0.3) is 5.95 Å². The molecule has 0 radical (unpaired) electrons. The Morgan fingerprint density at radius 1 is 1.12 bits per heavy atom. The molecule has 7 heteroatoms. The van der Waals surface area contributed by atoms with E-state index in [1.165, 1.54) is 5.69 Å². The number of nitrogens with zero attached hydrogens (tertiary/aromatic N) is 4. The van der Waals surface area contributed by atoms with Gasteiger partial charge in [-0.15, -0.1) is 0 Å². The molecular weight excluding hydrogens is 422 g/mol. The van der Waals surface area contributed by atoms with Crippen molar-refractivity contribution in [2.45, 2.75) is 37.6 Å². The van der Waals surface area contributed by atoms with E-state index in [4.69, 9.17) is 11.6 Å². The van der Waals surface area contributed by atoms with Crippen molar-refractivity contribution in [2.75, 3.05) is 19.6 Å². The summed E-state index contributed by atoms with van der Waals surface area (Å²) in [7, 11) is 0. The van der Waals surface area contributed by atoms with Crippen LogP contribution in [0.4, 0.5) is 0 Å². The fourth-order valence-electron chi connectivity index (χ4n) is 4.79. The lowest BCUT2D eigenvalue weighted by atomic mass is 9.93. The molecule has 3 aromatic rings. The van der Waals surface area contributed by atoms with E-state index in [9.17, 15) is 4.79 Å². The van der Waals surface area contributed by atoms with Crippen molar-refractivity contribution in [1.82, 2.24) is 24.8 Å². The lowest BCUT2D eigenvalue weighted by molar-refractivity contribution is -0.123. The van der Waals surface area contributed by atoms with Crippen LogP contribution in [0, 0.1) is 5.92 Å². The molecule has 1 atom stereocenters. The Morgan fingerprint density at radius 3 is 2.66 bits per heavy atom. The van der Waals surface area contributed by atoms with Crippen molar-refractivity contribution >= 4 is 17.5 Å². The molecule has 2 aromatic heterocycles. The number of carbonyl (C=O) groups excluding carboxylic acids is 1. The summed E-state index contributed by atoms with van der Waals surface area (Å²) in [5.41, 5.74) is 1.91. The predicted octanol–water partition coefficient (Wildman–Crippen LogP) is 3.98. The van der Waals surface area contributed by atoms with E-state index < -0.39 is 0 Å². The minimum absolute atomic E-state index is 0.159. The number of amides is 1. The lowest BCUT2D eigenvalue weighted by Crippen LogP contribution is -2.43. The molecular formula is C25H28ClN5O. The molecule has 1 aromatic carbocycles. The second kappa shape index (κ2) is 9.04. The topological polar surface area (TPSA) is 63.1 Å². The van der Waals surface area contributed by atoms with E-state index in [2.05, 4.69) is 26.3 Å². The number of piperidine rings is 1. The molecule has 0 spiro atoms. The third kappa shape index (κ3) is 4.43. The number of hydrogen-bond acceptors (Lipinski definition) is 4. The molecule has 32 heavy (non-hydrogen) atoms. The standard InChI is InChI=1S/C25H28ClN5O/c26-21-8-6-20(7-9-21)25(10-11-25)23(32)29-16-19-4-1-14-30(17-19)18-22-5-2-15-31(22)24-27-12-3-13-28-24/h2-3,5-9,12-13,15,19H,1,4,10-11,14,16-18H2,(H,29,32)/t19-/m1/s1. The van der Waals surface area contributed by atoms with Gasteiger partial charge in [0.1, 0.15) is 0 Å². The highest BCUT2D eigenvalue weighted by atomic mass is 35.5. The third-order valence-electron chi connectivity index (χ3n) is 6.72. The van der Waals surface area contributed by atoms with E-state index in [0.29, 0.717) is 16.9 Å². The number of carbonyl (C=O) groups is 1. The van der Waals surface area contributed by atoms with Crippen molar-refractivity contribution in [2.24, 2.45) is 5.92 Å². The fourth-order valence-corrected chi connectivity index (χ4v) is 4.92. The highest BCUT2D eigenvalue weighted by Gasteiger charge is 2.51. The van der Waals surface area contributed by atoms with Crippen LogP contribution >= 0.6 is 11.6 Å². The summed E-state index contributed by atoms with van der Waals surface area (Å²) in [4.78, 5) is 24.2. The van der Waals surface area contributed by atoms with Gasteiger partial charge in [-0.1, -0.05) is 23.7 Å². The van der Waals surface area contributed by atoms with Gasteiger partial charge >= 0.3 is 0 Å². The maximum atomic E-state index is 13.0. The van der Waals surface area contributed by atoms with E-state index in [1.54, 1.807) is 12.4 Å². The van der Waals surface area contributed by atoms with Crippen molar-refractivity contribution in [3.05, 3.63) is 77.3 Å². The summed E-state index contributed by atoms with van der Waals surface area (Å²) in [5, 5.41) is 3.97. The molecule has 5 rings (SSSR count). The van der Waals surface area contributed by atoms with Crippen LogP contribution in [0.2, 0.25) is 5.02 Å². The maximum absolute atomic E-state index is 13.0. The molecule has 1 saturated carbocycles. The summed E-state index contributed by atoms with van der Waals surface area (Å²) < 4.78 is 2.05. The highest BCUT2D eigenvalue weighted by molar-refractivity contribution is 6.30. The first-order valence-electron chi connectivity index (χ1n) is 11.3. The second-order valence-electron chi connectivity index (χ2n) is 8.96. The van der Waals surface area contributed by atoms with Crippen LogP contribution in [0.3, 0.4) is 0 Å². The number of aromatic nitrogens is 3. The minimum atomic E-state index is -0.352.